The Labute approximate surface area is 286 Å². The number of nitrogens with one attached hydrogen (secondary N) is 2. The van der Waals surface area contributed by atoms with Gasteiger partial charge in [-0.25, -0.2) is 23.9 Å². The Bertz CT molecular complexity index is 1960. The molecule has 5 rings (SSSR count). The Balaban J connectivity index is 0.000000424. The molecule has 1 unspecified atom stereocenters. The number of nitrogens with two attached hydrogens (primary N) is 1. The summed E-state index contributed by atoms with van der Waals surface area (Å²) in [7, 11) is 0. The molecule has 0 bridgehead atoms. The summed E-state index contributed by atoms with van der Waals surface area (Å²) in [5.41, 5.74) is 11.3. The van der Waals surface area contributed by atoms with Crippen LogP contribution in [0, 0.1) is 12.7 Å². The average Bonchev–Trinajstić information content (AvgIpc) is 3.54. The van der Waals surface area contributed by atoms with Gasteiger partial charge in [-0.3, -0.25) is 0 Å². The Morgan fingerprint density at radius 1 is 0.941 bits per heavy atom. The Kier molecular flexibility index (Phi) is 12.9. The lowest BCUT2D eigenvalue weighted by Crippen LogP contribution is -2.21. The number of aromatic nitrogens is 3. The zero-order valence-electron chi connectivity index (χ0n) is 27.2. The van der Waals surface area contributed by atoms with E-state index in [1.165, 1.54) is 0 Å². The van der Waals surface area contributed by atoms with Crippen LogP contribution < -0.4 is 15.8 Å². The fraction of sp³-hybridized carbons (Fsp3) is 0.235. The number of alkyl halides is 6. The third-order valence-electron chi connectivity index (χ3n) is 7.04. The van der Waals surface area contributed by atoms with Crippen LogP contribution in [0.2, 0.25) is 0 Å². The third-order valence-corrected chi connectivity index (χ3v) is 7.04. The van der Waals surface area contributed by atoms with Gasteiger partial charge in [0.25, 0.3) is 0 Å². The highest BCUT2D eigenvalue weighted by atomic mass is 19.4. The average molecular weight is 724 g/mol. The fourth-order valence-corrected chi connectivity index (χ4v) is 4.60. The number of carboxylic acid groups (broad SMARTS) is 2. The molecule has 0 aliphatic heterocycles. The summed E-state index contributed by atoms with van der Waals surface area (Å²) in [5.74, 6) is -4.61. The summed E-state index contributed by atoms with van der Waals surface area (Å²) in [6.45, 7) is 6.32. The second-order valence-electron chi connectivity index (χ2n) is 10.6. The van der Waals surface area contributed by atoms with Gasteiger partial charge in [-0.1, -0.05) is 37.3 Å². The van der Waals surface area contributed by atoms with Crippen molar-refractivity contribution in [3.63, 3.8) is 0 Å². The highest BCUT2D eigenvalue weighted by molar-refractivity contribution is 5.93. The molecule has 2 heterocycles. The van der Waals surface area contributed by atoms with Crippen molar-refractivity contribution < 1.29 is 55.3 Å². The number of rotatable bonds is 8. The van der Waals surface area contributed by atoms with E-state index in [1.807, 2.05) is 62.4 Å². The highest BCUT2D eigenvalue weighted by Crippen LogP contribution is 2.35. The molecule has 3 aromatic carbocycles. The van der Waals surface area contributed by atoms with Crippen LogP contribution in [0.25, 0.3) is 22.0 Å². The number of carboxylic acids is 2. The number of imidazole rings is 1. The number of hydrogen-bond donors (Lipinski definition) is 5. The summed E-state index contributed by atoms with van der Waals surface area (Å²) < 4.78 is 85.0. The topological polar surface area (TPSA) is 163 Å². The molecule has 1 atom stereocenters. The molecule has 51 heavy (non-hydrogen) atoms. The summed E-state index contributed by atoms with van der Waals surface area (Å²) in [4.78, 5) is 30.1. The summed E-state index contributed by atoms with van der Waals surface area (Å²) >= 11 is 0. The van der Waals surface area contributed by atoms with Crippen molar-refractivity contribution in [3.8, 4) is 17.0 Å². The van der Waals surface area contributed by atoms with Crippen LogP contribution in [0.15, 0.2) is 73.1 Å². The van der Waals surface area contributed by atoms with E-state index < -0.39 is 36.2 Å². The first-order valence-electron chi connectivity index (χ1n) is 14.9. The molecule has 0 saturated heterocycles. The number of aryl methyl sites for hydroxylation is 2. The summed E-state index contributed by atoms with van der Waals surface area (Å²) in [6, 6.07) is 18.9. The number of H-pyrrole nitrogens is 1. The van der Waals surface area contributed by atoms with E-state index in [2.05, 4.69) is 28.3 Å². The fourth-order valence-electron chi connectivity index (χ4n) is 4.60. The van der Waals surface area contributed by atoms with E-state index in [0.717, 1.165) is 45.3 Å². The summed E-state index contributed by atoms with van der Waals surface area (Å²) in [5, 5.41) is 19.6. The number of pyridine rings is 1. The molecule has 0 spiro atoms. The second-order valence-corrected chi connectivity index (χ2v) is 10.6. The SMILES string of the molecule is CCOc1cc(CC)cc(C(Nc2ccc3c(N)nccc3c2)c2ncc(-c3ccccc3C)[nH]2)c1F.O=C(O)C(F)(F)F.O=C(O)C(F)(F)F. The molecule has 0 aliphatic rings. The van der Waals surface area contributed by atoms with Crippen molar-refractivity contribution in [1.82, 2.24) is 15.0 Å². The Morgan fingerprint density at radius 3 is 2.14 bits per heavy atom. The number of halogens is 7. The molecular weight excluding hydrogens is 691 g/mol. The van der Waals surface area contributed by atoms with Crippen molar-refractivity contribution in [2.45, 2.75) is 45.6 Å². The molecule has 0 radical (unpaired) electrons. The van der Waals surface area contributed by atoms with Crippen LogP contribution in [-0.2, 0) is 16.0 Å². The molecule has 5 aromatic rings. The van der Waals surface area contributed by atoms with Gasteiger partial charge in [0.2, 0.25) is 0 Å². The maximum Gasteiger partial charge on any atom is 0.490 e. The lowest BCUT2D eigenvalue weighted by molar-refractivity contribution is -0.193. The van der Waals surface area contributed by atoms with Gasteiger partial charge in [0.05, 0.1) is 18.5 Å². The maximum absolute atomic E-state index is 15.9. The van der Waals surface area contributed by atoms with E-state index in [-0.39, 0.29) is 5.75 Å². The smallest absolute Gasteiger partial charge is 0.490 e. The van der Waals surface area contributed by atoms with Crippen LogP contribution in [0.3, 0.4) is 0 Å². The maximum atomic E-state index is 15.9. The van der Waals surface area contributed by atoms with Gasteiger partial charge < -0.3 is 31.0 Å². The monoisotopic (exact) mass is 723 g/mol. The highest BCUT2D eigenvalue weighted by Gasteiger charge is 2.39. The number of carbonyl (C=O) groups is 2. The van der Waals surface area contributed by atoms with E-state index >= 15 is 4.39 Å². The minimum absolute atomic E-state index is 0.242. The van der Waals surface area contributed by atoms with Gasteiger partial charge >= 0.3 is 24.3 Å². The van der Waals surface area contributed by atoms with E-state index in [0.29, 0.717) is 23.8 Å². The van der Waals surface area contributed by atoms with Gasteiger partial charge in [-0.05, 0) is 67.1 Å². The number of hydrogen-bond acceptors (Lipinski definition) is 7. The molecule has 17 heteroatoms. The van der Waals surface area contributed by atoms with Crippen LogP contribution >= 0.6 is 0 Å². The van der Waals surface area contributed by atoms with Gasteiger partial charge in [0, 0.05) is 28.4 Å². The number of anilines is 2. The predicted octanol–water partition coefficient (Wildman–Crippen LogP) is 8.08. The second kappa shape index (κ2) is 16.7. The molecule has 0 aliphatic carbocycles. The zero-order valence-corrected chi connectivity index (χ0v) is 27.2. The van der Waals surface area contributed by atoms with Crippen LogP contribution in [0.5, 0.6) is 5.75 Å². The number of nitrogen functional groups attached to an aromatic ring is 1. The largest absolute Gasteiger partial charge is 0.491 e. The number of aliphatic carboxylic acids is 2. The molecular formula is C34H32F7N5O5. The number of ether oxygens (including phenoxy) is 1. The van der Waals surface area contributed by atoms with Crippen molar-refractivity contribution in [2.75, 3.05) is 17.7 Å². The molecule has 0 fully saturated rings. The van der Waals surface area contributed by atoms with Gasteiger partial charge in [-0.2, -0.15) is 26.3 Å². The Morgan fingerprint density at radius 2 is 1.57 bits per heavy atom. The normalized spacial score (nSPS) is 11.8. The minimum atomic E-state index is -5.08. The molecule has 2 aromatic heterocycles. The van der Waals surface area contributed by atoms with E-state index in [4.69, 9.17) is 35.3 Å². The van der Waals surface area contributed by atoms with Gasteiger partial charge in [0.1, 0.15) is 17.7 Å². The van der Waals surface area contributed by atoms with E-state index in [1.54, 1.807) is 18.5 Å². The predicted molar refractivity (Wildman–Crippen MR) is 175 cm³/mol. The number of aromatic amines is 1. The van der Waals surface area contributed by atoms with Crippen LogP contribution in [0.4, 0.5) is 42.2 Å². The number of benzene rings is 3. The molecule has 10 nitrogen and oxygen atoms in total. The van der Waals surface area contributed by atoms with Crippen molar-refractivity contribution in [1.29, 1.82) is 0 Å². The lowest BCUT2D eigenvalue weighted by Gasteiger charge is -2.22. The lowest BCUT2D eigenvalue weighted by atomic mass is 9.99. The quantitative estimate of drug-likeness (QED) is 0.0996. The third kappa shape index (κ3) is 10.6. The minimum Gasteiger partial charge on any atom is -0.491 e. The molecule has 0 saturated carbocycles. The first kappa shape index (κ1) is 39.6. The number of fused-ring (bicyclic) bond motifs is 1. The summed E-state index contributed by atoms with van der Waals surface area (Å²) in [6.07, 6.45) is -5.95. The molecule has 272 valence electrons. The molecule has 0 amide bonds. The van der Waals surface area contributed by atoms with Crippen LogP contribution in [-0.4, -0.2) is 56.1 Å². The zero-order chi connectivity index (χ0) is 38.1. The van der Waals surface area contributed by atoms with Crippen molar-refractivity contribution >= 4 is 34.2 Å². The first-order chi connectivity index (χ1) is 23.9. The number of nitrogens with zero attached hydrogens (tertiary/aromatic N) is 2. The molecule has 6 N–H and O–H groups in total. The van der Waals surface area contributed by atoms with E-state index in [9.17, 15) is 26.3 Å². The standard InChI is InChI=1S/C30H30FN5O.2C2HF3O2/c1-4-19-14-24(27(31)26(15-19)37-5-2)28(30-34-17-25(36-30)22-9-7-6-8-18(22)3)35-21-10-11-23-20(16-21)12-13-33-29(23)32;2*3-2(4,5)1(6)7/h6-17,28,35H,4-5H2,1-3H3,(H2,32,33)(H,34,36);2*(H,6,7). The van der Waals surface area contributed by atoms with Gasteiger partial charge in [0.15, 0.2) is 11.6 Å². The van der Waals surface area contributed by atoms with Crippen molar-refractivity contribution in [2.24, 2.45) is 0 Å². The van der Waals surface area contributed by atoms with Crippen molar-refractivity contribution in [3.05, 3.63) is 101 Å². The Hall–Kier alpha value is -5.87. The van der Waals surface area contributed by atoms with Gasteiger partial charge in [-0.15, -0.1) is 0 Å². The van der Waals surface area contributed by atoms with Crippen LogP contribution in [0.1, 0.15) is 42.4 Å². The first-order valence-corrected chi connectivity index (χ1v) is 14.9.